The Labute approximate surface area is 159 Å². The summed E-state index contributed by atoms with van der Waals surface area (Å²) in [5.41, 5.74) is 9.09. The van der Waals surface area contributed by atoms with Crippen molar-refractivity contribution in [1.82, 2.24) is 9.72 Å². The Kier molecular flexibility index (Phi) is 4.03. The van der Waals surface area contributed by atoms with Crippen LogP contribution in [0.3, 0.4) is 0 Å². The number of aromatic hydroxyl groups is 1. The second-order valence-electron chi connectivity index (χ2n) is 6.44. The first kappa shape index (κ1) is 17.6. The van der Waals surface area contributed by atoms with Crippen molar-refractivity contribution in [3.63, 3.8) is 0 Å². The lowest BCUT2D eigenvalue weighted by atomic mass is 10.0. The molecule has 28 heavy (non-hydrogen) atoms. The zero-order valence-corrected chi connectivity index (χ0v) is 15.2. The van der Waals surface area contributed by atoms with Crippen molar-refractivity contribution in [2.24, 2.45) is 5.73 Å². The summed E-state index contributed by atoms with van der Waals surface area (Å²) in [4.78, 5) is 0. The molecule has 7 nitrogen and oxygen atoms in total. The molecule has 0 atom stereocenters. The molecule has 8 heteroatoms. The van der Waals surface area contributed by atoms with Gasteiger partial charge in [-0.1, -0.05) is 22.4 Å². The van der Waals surface area contributed by atoms with Gasteiger partial charge in [0.05, 0.1) is 22.5 Å². The van der Waals surface area contributed by atoms with E-state index in [9.17, 15) is 14.7 Å². The fraction of sp³-hybridized carbons (Fsp3) is 0.100. The third kappa shape index (κ3) is 2.50. The van der Waals surface area contributed by atoms with E-state index in [4.69, 9.17) is 10.3 Å². The number of hydrogen-bond donors (Lipinski definition) is 4. The van der Waals surface area contributed by atoms with Crippen LogP contribution < -0.4 is 10.9 Å². The Morgan fingerprint density at radius 1 is 1.18 bits per heavy atom. The van der Waals surface area contributed by atoms with Gasteiger partial charge in [0.2, 0.25) is 0 Å². The maximum atomic E-state index is 15.0. The Hall–Kier alpha value is -3.81. The number of nitrogens with two attached hydrogens (primary N) is 1. The first-order valence-corrected chi connectivity index (χ1v) is 8.52. The van der Waals surface area contributed by atoms with Gasteiger partial charge in [-0.05, 0) is 44.2 Å². The van der Waals surface area contributed by atoms with Crippen LogP contribution in [0.4, 0.5) is 4.39 Å². The number of aromatic nitrogens is 2. The molecule has 0 bridgehead atoms. The van der Waals surface area contributed by atoms with E-state index in [0.717, 1.165) is 0 Å². The largest absolute Gasteiger partial charge is 0.508 e. The molecule has 4 aromatic rings. The normalized spacial score (nSPS) is 12.0. The summed E-state index contributed by atoms with van der Waals surface area (Å²) in [5, 5.41) is 25.7. The predicted octanol–water partition coefficient (Wildman–Crippen LogP) is 1.92. The maximum Gasteiger partial charge on any atom is 0.314 e. The van der Waals surface area contributed by atoms with Crippen LogP contribution in [0.1, 0.15) is 17.0 Å². The molecule has 0 aliphatic heterocycles. The van der Waals surface area contributed by atoms with Crippen molar-refractivity contribution in [2.75, 3.05) is 0 Å². The molecule has 5 N–H and O–H groups in total. The van der Waals surface area contributed by atoms with E-state index in [1.807, 2.05) is 5.16 Å². The fourth-order valence-electron chi connectivity index (χ4n) is 3.54. The van der Waals surface area contributed by atoms with Gasteiger partial charge in [-0.3, -0.25) is 5.73 Å². The Balaban J connectivity index is 2.27. The number of hydrogen-bond acceptors (Lipinski definition) is 4. The number of phenols is 1. The highest BCUT2D eigenvalue weighted by molar-refractivity contribution is 6.13. The highest BCUT2D eigenvalue weighted by atomic mass is 19.1. The second kappa shape index (κ2) is 6.41. The van der Waals surface area contributed by atoms with Crippen molar-refractivity contribution in [3.8, 4) is 22.7 Å². The summed E-state index contributed by atoms with van der Waals surface area (Å²) in [6.45, 7) is 3.52. The SMILES string of the molecule is Cc1noc(C)c1-c1c(C(N)=[NH+]O)c2cccc(F)c2n1-c1ccc(O)cc1. The number of benzene rings is 2. The minimum atomic E-state index is -0.462. The van der Waals surface area contributed by atoms with Crippen LogP contribution >= 0.6 is 0 Å². The Morgan fingerprint density at radius 3 is 2.50 bits per heavy atom. The summed E-state index contributed by atoms with van der Waals surface area (Å²) < 4.78 is 22.0. The van der Waals surface area contributed by atoms with Crippen LogP contribution in [-0.4, -0.2) is 25.9 Å². The quantitative estimate of drug-likeness (QED) is 0.188. The van der Waals surface area contributed by atoms with Crippen molar-refractivity contribution in [2.45, 2.75) is 13.8 Å². The summed E-state index contributed by atoms with van der Waals surface area (Å²) in [5.74, 6) is 0.106. The van der Waals surface area contributed by atoms with Crippen molar-refractivity contribution in [1.29, 1.82) is 0 Å². The fourth-order valence-corrected chi connectivity index (χ4v) is 3.54. The lowest BCUT2D eigenvalue weighted by Gasteiger charge is -2.12. The molecular weight excluding hydrogens is 363 g/mol. The number of halogens is 1. The number of phenolic OH excluding ortho intramolecular Hbond substituents is 1. The summed E-state index contributed by atoms with van der Waals surface area (Å²) in [6, 6.07) is 11.0. The van der Waals surface area contributed by atoms with E-state index in [1.165, 1.54) is 18.2 Å². The molecule has 2 aromatic carbocycles. The van der Waals surface area contributed by atoms with E-state index in [0.29, 0.717) is 39.3 Å². The van der Waals surface area contributed by atoms with Gasteiger partial charge in [0.1, 0.15) is 22.9 Å². The molecule has 0 amide bonds. The molecular formula is C20H18FN4O3+. The highest BCUT2D eigenvalue weighted by Crippen LogP contribution is 2.39. The Morgan fingerprint density at radius 2 is 1.89 bits per heavy atom. The predicted molar refractivity (Wildman–Crippen MR) is 101 cm³/mol. The van der Waals surface area contributed by atoms with Crippen molar-refractivity contribution in [3.05, 3.63) is 65.3 Å². The molecule has 0 spiro atoms. The van der Waals surface area contributed by atoms with Gasteiger partial charge in [0.25, 0.3) is 0 Å². The molecule has 2 aromatic heterocycles. The zero-order chi connectivity index (χ0) is 20.0. The number of nitrogens with one attached hydrogen (secondary N) is 1. The van der Waals surface area contributed by atoms with Crippen molar-refractivity contribution >= 4 is 16.7 Å². The van der Waals surface area contributed by atoms with Crippen molar-refractivity contribution < 1.29 is 24.4 Å². The molecule has 0 fully saturated rings. The van der Waals surface area contributed by atoms with E-state index >= 15 is 0 Å². The molecule has 0 saturated heterocycles. The third-order valence-electron chi connectivity index (χ3n) is 4.71. The first-order valence-electron chi connectivity index (χ1n) is 8.52. The van der Waals surface area contributed by atoms with Gasteiger partial charge in [0.15, 0.2) is 0 Å². The molecule has 142 valence electrons. The molecule has 4 rings (SSSR count). The van der Waals surface area contributed by atoms with Crippen LogP contribution in [0.25, 0.3) is 27.8 Å². The number of aryl methyl sites for hydroxylation is 2. The van der Waals surface area contributed by atoms with Gasteiger partial charge in [-0.25, -0.2) is 4.39 Å². The molecule has 0 unspecified atom stereocenters. The van der Waals surface area contributed by atoms with Crippen LogP contribution in [0, 0.1) is 19.7 Å². The lowest BCUT2D eigenvalue weighted by molar-refractivity contribution is -0.737. The third-order valence-corrected chi connectivity index (χ3v) is 4.71. The number of nitrogens with zero attached hydrogens (tertiary/aromatic N) is 2. The van der Waals surface area contributed by atoms with Crippen LogP contribution in [0.2, 0.25) is 0 Å². The second-order valence-corrected chi connectivity index (χ2v) is 6.44. The molecule has 2 heterocycles. The molecule has 0 radical (unpaired) electrons. The average Bonchev–Trinajstić information content (AvgIpc) is 3.19. The molecule has 0 aliphatic rings. The van der Waals surface area contributed by atoms with E-state index in [-0.39, 0.29) is 17.1 Å². The van der Waals surface area contributed by atoms with E-state index < -0.39 is 5.82 Å². The number of rotatable bonds is 3. The van der Waals surface area contributed by atoms with E-state index in [2.05, 4.69) is 5.16 Å². The van der Waals surface area contributed by atoms with Crippen LogP contribution in [-0.2, 0) is 0 Å². The van der Waals surface area contributed by atoms with Gasteiger partial charge in [-0.2, -0.15) is 0 Å². The van der Waals surface area contributed by atoms with Gasteiger partial charge >= 0.3 is 5.84 Å². The first-order chi connectivity index (χ1) is 13.4. The van der Waals surface area contributed by atoms with Gasteiger partial charge < -0.3 is 19.4 Å². The van der Waals surface area contributed by atoms with E-state index in [1.54, 1.807) is 42.7 Å². The minimum Gasteiger partial charge on any atom is -0.508 e. The minimum absolute atomic E-state index is 0.0388. The van der Waals surface area contributed by atoms with Gasteiger partial charge in [-0.15, -0.1) is 0 Å². The summed E-state index contributed by atoms with van der Waals surface area (Å²) in [6.07, 6.45) is 0. The number of fused-ring (bicyclic) bond motifs is 1. The number of amidine groups is 1. The summed E-state index contributed by atoms with van der Waals surface area (Å²) >= 11 is 0. The Bertz CT molecular complexity index is 1200. The number of para-hydroxylation sites is 1. The lowest BCUT2D eigenvalue weighted by Crippen LogP contribution is -2.71. The average molecular weight is 381 g/mol. The summed E-state index contributed by atoms with van der Waals surface area (Å²) in [7, 11) is 0. The molecule has 0 saturated carbocycles. The zero-order valence-electron chi connectivity index (χ0n) is 15.2. The smallest absolute Gasteiger partial charge is 0.314 e. The number of nitrogen functional groups attached to an aromatic ring is 1. The molecule has 0 aliphatic carbocycles. The van der Waals surface area contributed by atoms with Crippen LogP contribution in [0.15, 0.2) is 47.0 Å². The monoisotopic (exact) mass is 381 g/mol. The van der Waals surface area contributed by atoms with Gasteiger partial charge in [0, 0.05) is 11.1 Å². The maximum absolute atomic E-state index is 15.0. The standard InChI is InChI=1S/C20H17FN4O3/c1-10-16(11(2)28-24-10)19-17(20(22)23-27)14-4-3-5-15(21)18(14)25(19)12-6-8-13(26)9-7-12/h3-9,26-27H,1-2H3,(H2,22,23)/p+1. The van der Waals surface area contributed by atoms with Crippen LogP contribution in [0.5, 0.6) is 5.75 Å². The topological polar surface area (TPSA) is 111 Å². The highest BCUT2D eigenvalue weighted by Gasteiger charge is 2.30.